The minimum absolute atomic E-state index is 0.0567. The number of fused-ring (bicyclic) bond motifs is 3. The number of ether oxygens (including phenoxy) is 1. The third-order valence-electron chi connectivity index (χ3n) is 6.14. The molecule has 0 radical (unpaired) electrons. The first-order valence-corrected chi connectivity index (χ1v) is 12.5. The van der Waals surface area contributed by atoms with Crippen molar-refractivity contribution in [2.24, 2.45) is 4.99 Å². The summed E-state index contributed by atoms with van der Waals surface area (Å²) in [6, 6.07) is 6.08. The van der Waals surface area contributed by atoms with Crippen molar-refractivity contribution in [3.05, 3.63) is 34.5 Å². The number of nitrogens with zero attached hydrogens (tertiary/aromatic N) is 5. The first-order valence-electron chi connectivity index (χ1n) is 11.0. The first kappa shape index (κ1) is 21.5. The zero-order chi connectivity index (χ0) is 22.2. The van der Waals surface area contributed by atoms with Crippen LogP contribution < -0.4 is 15.0 Å². The number of nitrogens with one attached hydrogen (secondary N) is 1. The summed E-state index contributed by atoms with van der Waals surface area (Å²) < 4.78 is 7.31. The summed E-state index contributed by atoms with van der Waals surface area (Å²) in [5.74, 6) is 4.99. The highest BCUT2D eigenvalue weighted by molar-refractivity contribution is 7.99. The Morgan fingerprint density at radius 1 is 1.31 bits per heavy atom. The number of carbonyl (C=O) groups is 1. The molecule has 8 nitrogen and oxygen atoms in total. The predicted molar refractivity (Wildman–Crippen MR) is 130 cm³/mol. The SMILES string of the molecule is CCN1C(=O)c2c(nc(NC3CCSCC3)n2Cc2ccc(OC)c(Cl)c2)N2CCN=C12. The van der Waals surface area contributed by atoms with E-state index in [-0.39, 0.29) is 5.91 Å². The van der Waals surface area contributed by atoms with E-state index in [1.807, 2.05) is 41.5 Å². The second kappa shape index (κ2) is 8.86. The molecule has 10 heteroatoms. The lowest BCUT2D eigenvalue weighted by Crippen LogP contribution is -2.50. The number of imidazole rings is 1. The molecule has 1 saturated heterocycles. The van der Waals surface area contributed by atoms with E-state index in [0.29, 0.717) is 53.9 Å². The Balaban J connectivity index is 1.58. The summed E-state index contributed by atoms with van der Waals surface area (Å²) in [4.78, 5) is 26.9. The minimum Gasteiger partial charge on any atom is -0.495 e. The molecule has 1 fully saturated rings. The summed E-state index contributed by atoms with van der Waals surface area (Å²) in [5, 5.41) is 4.19. The van der Waals surface area contributed by atoms with Gasteiger partial charge in [0.25, 0.3) is 5.91 Å². The average molecular weight is 475 g/mol. The van der Waals surface area contributed by atoms with Gasteiger partial charge in [0.2, 0.25) is 11.9 Å². The van der Waals surface area contributed by atoms with Crippen molar-refractivity contribution in [1.29, 1.82) is 0 Å². The number of guanidine groups is 1. The third-order valence-corrected chi connectivity index (χ3v) is 7.48. The van der Waals surface area contributed by atoms with E-state index in [2.05, 4.69) is 15.2 Å². The van der Waals surface area contributed by atoms with Gasteiger partial charge in [-0.05, 0) is 49.0 Å². The van der Waals surface area contributed by atoms with Gasteiger partial charge in [-0.1, -0.05) is 17.7 Å². The fraction of sp³-hybridized carbons (Fsp3) is 0.500. The van der Waals surface area contributed by atoms with Gasteiger partial charge < -0.3 is 10.1 Å². The Bertz CT molecular complexity index is 1060. The van der Waals surface area contributed by atoms with Gasteiger partial charge in [-0.15, -0.1) is 0 Å². The van der Waals surface area contributed by atoms with Gasteiger partial charge in [0.1, 0.15) is 5.75 Å². The quantitative estimate of drug-likeness (QED) is 0.690. The summed E-state index contributed by atoms with van der Waals surface area (Å²) >= 11 is 8.38. The molecule has 1 aromatic carbocycles. The van der Waals surface area contributed by atoms with Crippen LogP contribution in [0, 0.1) is 0 Å². The summed E-state index contributed by atoms with van der Waals surface area (Å²) in [7, 11) is 1.60. The molecular formula is C22H27ClN6O2S. The lowest BCUT2D eigenvalue weighted by Gasteiger charge is -2.32. The molecule has 0 aliphatic carbocycles. The van der Waals surface area contributed by atoms with Crippen LogP contribution in [0.25, 0.3) is 0 Å². The maximum absolute atomic E-state index is 13.6. The van der Waals surface area contributed by atoms with Gasteiger partial charge in [0, 0.05) is 19.1 Å². The number of halogens is 1. The van der Waals surface area contributed by atoms with E-state index < -0.39 is 0 Å². The highest BCUT2D eigenvalue weighted by Gasteiger charge is 2.41. The molecule has 32 heavy (non-hydrogen) atoms. The van der Waals surface area contributed by atoms with Crippen molar-refractivity contribution >= 4 is 47.0 Å². The van der Waals surface area contributed by atoms with Crippen molar-refractivity contribution in [1.82, 2.24) is 14.5 Å². The van der Waals surface area contributed by atoms with Crippen LogP contribution >= 0.6 is 23.4 Å². The Morgan fingerprint density at radius 2 is 2.12 bits per heavy atom. The Kier molecular flexibility index (Phi) is 5.94. The molecule has 1 N–H and O–H groups in total. The van der Waals surface area contributed by atoms with Crippen molar-refractivity contribution in [2.45, 2.75) is 32.4 Å². The molecular weight excluding hydrogens is 448 g/mol. The molecule has 0 spiro atoms. The number of carbonyl (C=O) groups excluding carboxylic acids is 1. The molecule has 5 rings (SSSR count). The van der Waals surface area contributed by atoms with Crippen LogP contribution in [-0.4, -0.2) is 70.6 Å². The van der Waals surface area contributed by atoms with E-state index in [9.17, 15) is 4.79 Å². The number of anilines is 2. The van der Waals surface area contributed by atoms with Gasteiger partial charge in [-0.2, -0.15) is 16.7 Å². The molecule has 1 amide bonds. The lowest BCUT2D eigenvalue weighted by atomic mass is 10.1. The topological polar surface area (TPSA) is 75.0 Å². The van der Waals surface area contributed by atoms with E-state index in [1.165, 1.54) is 0 Å². The Labute approximate surface area is 197 Å². The third kappa shape index (κ3) is 3.71. The highest BCUT2D eigenvalue weighted by atomic mass is 35.5. The van der Waals surface area contributed by atoms with E-state index in [1.54, 1.807) is 12.0 Å². The number of amides is 1. The van der Waals surface area contributed by atoms with Crippen molar-refractivity contribution < 1.29 is 9.53 Å². The molecule has 4 heterocycles. The highest BCUT2D eigenvalue weighted by Crippen LogP contribution is 2.35. The second-order valence-corrected chi connectivity index (χ2v) is 9.71. The number of aromatic nitrogens is 2. The summed E-state index contributed by atoms with van der Waals surface area (Å²) in [6.45, 7) is 4.43. The van der Waals surface area contributed by atoms with Crippen LogP contribution in [0.3, 0.4) is 0 Å². The van der Waals surface area contributed by atoms with Crippen LogP contribution in [0.4, 0.5) is 11.8 Å². The summed E-state index contributed by atoms with van der Waals surface area (Å²) in [6.07, 6.45) is 2.17. The van der Waals surface area contributed by atoms with Gasteiger partial charge in [0.05, 0.1) is 25.2 Å². The van der Waals surface area contributed by atoms with Gasteiger partial charge in [0.15, 0.2) is 11.5 Å². The van der Waals surface area contributed by atoms with Crippen LogP contribution in [0.1, 0.15) is 35.8 Å². The fourth-order valence-electron chi connectivity index (χ4n) is 4.49. The molecule has 2 aromatic rings. The number of methoxy groups -OCH3 is 1. The minimum atomic E-state index is -0.0567. The first-order chi connectivity index (χ1) is 15.6. The Hall–Kier alpha value is -2.39. The van der Waals surface area contributed by atoms with Gasteiger partial charge >= 0.3 is 0 Å². The standard InChI is InChI=1S/C22H27ClN6O2S/c1-3-27-20(30)18-19(28-9-8-24-22(27)28)26-21(25-15-6-10-32-11-7-15)29(18)13-14-4-5-17(31-2)16(23)12-14/h4-5,12,15H,3,6-11,13H2,1-2H3,(H,25,26). The summed E-state index contributed by atoms with van der Waals surface area (Å²) in [5.41, 5.74) is 1.59. The molecule has 1 aromatic heterocycles. The van der Waals surface area contributed by atoms with E-state index >= 15 is 0 Å². The molecule has 3 aliphatic heterocycles. The van der Waals surface area contributed by atoms with Gasteiger partial charge in [-0.25, -0.2) is 0 Å². The molecule has 0 saturated carbocycles. The number of aliphatic imine (C=N–C) groups is 1. The van der Waals surface area contributed by atoms with E-state index in [4.69, 9.17) is 21.3 Å². The number of hydrogen-bond acceptors (Lipinski definition) is 7. The van der Waals surface area contributed by atoms with Crippen LogP contribution in [0.15, 0.2) is 23.2 Å². The Morgan fingerprint density at radius 3 is 2.84 bits per heavy atom. The second-order valence-electron chi connectivity index (χ2n) is 8.08. The van der Waals surface area contributed by atoms with Crippen molar-refractivity contribution in [3.63, 3.8) is 0 Å². The normalized spacial score (nSPS) is 18.5. The number of thioether (sulfide) groups is 1. The zero-order valence-corrected chi connectivity index (χ0v) is 19.9. The van der Waals surface area contributed by atoms with Crippen LogP contribution in [0.2, 0.25) is 5.02 Å². The lowest BCUT2D eigenvalue weighted by molar-refractivity contribution is 0.0836. The van der Waals surface area contributed by atoms with Gasteiger partial charge in [-0.3, -0.25) is 24.2 Å². The van der Waals surface area contributed by atoms with E-state index in [0.717, 1.165) is 42.4 Å². The number of rotatable bonds is 6. The molecule has 170 valence electrons. The zero-order valence-electron chi connectivity index (χ0n) is 18.3. The largest absolute Gasteiger partial charge is 0.495 e. The predicted octanol–water partition coefficient (Wildman–Crippen LogP) is 3.55. The van der Waals surface area contributed by atoms with Crippen molar-refractivity contribution in [3.8, 4) is 5.75 Å². The molecule has 0 bridgehead atoms. The number of benzene rings is 1. The smallest absolute Gasteiger partial charge is 0.281 e. The maximum atomic E-state index is 13.6. The average Bonchev–Trinajstić information content (AvgIpc) is 3.41. The van der Waals surface area contributed by atoms with Crippen molar-refractivity contribution in [2.75, 3.05) is 48.5 Å². The van der Waals surface area contributed by atoms with Crippen LogP contribution in [-0.2, 0) is 6.54 Å². The van der Waals surface area contributed by atoms with Crippen LogP contribution in [0.5, 0.6) is 5.75 Å². The maximum Gasteiger partial charge on any atom is 0.281 e. The molecule has 0 unspecified atom stereocenters. The molecule has 0 atom stereocenters. The number of hydrogen-bond donors (Lipinski definition) is 1. The monoisotopic (exact) mass is 474 g/mol. The molecule has 3 aliphatic rings. The fourth-order valence-corrected chi connectivity index (χ4v) is 5.88.